The van der Waals surface area contributed by atoms with E-state index in [1.54, 1.807) is 24.3 Å². The van der Waals surface area contributed by atoms with E-state index in [-0.39, 0.29) is 23.5 Å². The first-order chi connectivity index (χ1) is 14.0. The van der Waals surface area contributed by atoms with E-state index in [9.17, 15) is 19.7 Å². The highest BCUT2D eigenvalue weighted by atomic mass is 16.6. The second kappa shape index (κ2) is 8.61. The van der Waals surface area contributed by atoms with Crippen LogP contribution in [-0.4, -0.2) is 38.8 Å². The third-order valence-corrected chi connectivity index (χ3v) is 3.94. The third kappa shape index (κ3) is 4.71. The molecule has 0 saturated heterocycles. The van der Waals surface area contributed by atoms with Crippen molar-refractivity contribution in [2.75, 3.05) is 12.4 Å². The molecule has 0 atom stereocenters. The number of hydrogen-bond acceptors (Lipinski definition) is 7. The Morgan fingerprint density at radius 2 is 1.97 bits per heavy atom. The van der Waals surface area contributed by atoms with Crippen LogP contribution in [0.1, 0.15) is 15.9 Å². The van der Waals surface area contributed by atoms with Crippen molar-refractivity contribution < 1.29 is 19.2 Å². The molecule has 2 aromatic carbocycles. The van der Waals surface area contributed by atoms with Crippen LogP contribution in [0.25, 0.3) is 5.69 Å². The van der Waals surface area contributed by atoms with Crippen molar-refractivity contribution in [1.29, 1.82) is 0 Å². The quantitative estimate of drug-likeness (QED) is 0.481. The van der Waals surface area contributed by atoms with Crippen molar-refractivity contribution in [3.05, 3.63) is 76.4 Å². The second-order valence-corrected chi connectivity index (χ2v) is 5.80. The van der Waals surface area contributed by atoms with Crippen LogP contribution >= 0.6 is 0 Å². The maximum Gasteiger partial charge on any atom is 0.411 e. The maximum absolute atomic E-state index is 12.4. The van der Waals surface area contributed by atoms with Gasteiger partial charge in [-0.15, -0.1) is 0 Å². The van der Waals surface area contributed by atoms with E-state index < -0.39 is 16.9 Å². The van der Waals surface area contributed by atoms with Crippen LogP contribution < -0.4 is 10.6 Å². The summed E-state index contributed by atoms with van der Waals surface area (Å²) < 4.78 is 5.76. The predicted octanol–water partition coefficient (Wildman–Crippen LogP) is 2.28. The Bertz CT molecular complexity index is 1030. The molecule has 0 aliphatic rings. The predicted molar refractivity (Wildman–Crippen MR) is 102 cm³/mol. The number of ether oxygens (including phenoxy) is 1. The zero-order valence-corrected chi connectivity index (χ0v) is 15.2. The highest BCUT2D eigenvalue weighted by Crippen LogP contribution is 2.23. The molecule has 2 amide bonds. The molecule has 11 nitrogen and oxygen atoms in total. The molecule has 3 aromatic rings. The first-order valence-electron chi connectivity index (χ1n) is 8.33. The number of benzene rings is 2. The number of amides is 2. The normalized spacial score (nSPS) is 10.2. The summed E-state index contributed by atoms with van der Waals surface area (Å²) in [6, 6.07) is 10.9. The highest BCUT2D eigenvalue weighted by molar-refractivity contribution is 5.95. The lowest BCUT2D eigenvalue weighted by molar-refractivity contribution is -0.384. The fourth-order valence-electron chi connectivity index (χ4n) is 2.50. The summed E-state index contributed by atoms with van der Waals surface area (Å²) in [7, 11) is 1.27. The number of nitro groups is 1. The van der Waals surface area contributed by atoms with Gasteiger partial charge >= 0.3 is 6.09 Å². The number of carbonyl (C=O) groups is 2. The van der Waals surface area contributed by atoms with Gasteiger partial charge in [-0.2, -0.15) is 5.10 Å². The Morgan fingerprint density at radius 3 is 2.59 bits per heavy atom. The van der Waals surface area contributed by atoms with Crippen molar-refractivity contribution in [1.82, 2.24) is 20.1 Å². The van der Waals surface area contributed by atoms with E-state index in [2.05, 4.69) is 25.5 Å². The number of aromatic nitrogens is 3. The second-order valence-electron chi connectivity index (χ2n) is 5.80. The van der Waals surface area contributed by atoms with Crippen molar-refractivity contribution in [3.8, 4) is 5.69 Å². The molecule has 0 aliphatic carbocycles. The van der Waals surface area contributed by atoms with Crippen molar-refractivity contribution >= 4 is 23.4 Å². The molecule has 0 aliphatic heterocycles. The lowest BCUT2D eigenvalue weighted by Crippen LogP contribution is -2.23. The molecule has 148 valence electrons. The number of rotatable bonds is 6. The van der Waals surface area contributed by atoms with Crippen LogP contribution in [0.2, 0.25) is 0 Å². The molecule has 1 aromatic heterocycles. The molecular formula is C18H16N6O5. The molecule has 0 unspecified atom stereocenters. The molecule has 0 bridgehead atoms. The van der Waals surface area contributed by atoms with Gasteiger partial charge in [0.2, 0.25) is 0 Å². The van der Waals surface area contributed by atoms with Gasteiger partial charge in [-0.3, -0.25) is 20.2 Å². The number of hydrogen-bond donors (Lipinski definition) is 2. The van der Waals surface area contributed by atoms with Gasteiger partial charge in [0, 0.05) is 23.9 Å². The number of anilines is 1. The summed E-state index contributed by atoms with van der Waals surface area (Å²) in [5, 5.41) is 20.5. The topological polar surface area (TPSA) is 141 Å². The SMILES string of the molecule is COC(=O)Nc1ccc(CNC(=O)c2ccc(-n3cncn3)c([N+](=O)[O-])c2)cc1. The molecule has 0 fully saturated rings. The molecule has 0 radical (unpaired) electrons. The molecule has 11 heteroatoms. The van der Waals surface area contributed by atoms with E-state index in [4.69, 9.17) is 0 Å². The van der Waals surface area contributed by atoms with Gasteiger partial charge in [0.15, 0.2) is 0 Å². The molecule has 0 saturated carbocycles. The van der Waals surface area contributed by atoms with Gasteiger partial charge in [0.05, 0.1) is 12.0 Å². The molecule has 1 heterocycles. The summed E-state index contributed by atoms with van der Waals surface area (Å²) in [4.78, 5) is 38.1. The lowest BCUT2D eigenvalue weighted by atomic mass is 10.1. The summed E-state index contributed by atoms with van der Waals surface area (Å²) in [5.41, 5.74) is 1.41. The summed E-state index contributed by atoms with van der Waals surface area (Å²) >= 11 is 0. The lowest BCUT2D eigenvalue weighted by Gasteiger charge is -2.08. The van der Waals surface area contributed by atoms with Crippen LogP contribution in [-0.2, 0) is 11.3 Å². The molecule has 2 N–H and O–H groups in total. The van der Waals surface area contributed by atoms with Gasteiger partial charge in [-0.25, -0.2) is 14.5 Å². The molecule has 3 rings (SSSR count). The van der Waals surface area contributed by atoms with Gasteiger partial charge in [0.25, 0.3) is 11.6 Å². The van der Waals surface area contributed by atoms with Gasteiger partial charge in [0.1, 0.15) is 18.3 Å². The van der Waals surface area contributed by atoms with E-state index in [0.717, 1.165) is 5.56 Å². The number of nitrogens with one attached hydrogen (secondary N) is 2. The summed E-state index contributed by atoms with van der Waals surface area (Å²) in [5.74, 6) is -0.463. The molecule has 0 spiro atoms. The van der Waals surface area contributed by atoms with Crippen molar-refractivity contribution in [2.24, 2.45) is 0 Å². The molecular weight excluding hydrogens is 380 g/mol. The van der Waals surface area contributed by atoms with Crippen molar-refractivity contribution in [3.63, 3.8) is 0 Å². The van der Waals surface area contributed by atoms with Crippen LogP contribution in [0.15, 0.2) is 55.1 Å². The standard InChI is InChI=1S/C18H16N6O5/c1-29-18(26)22-14-5-2-12(3-6-14)9-20-17(25)13-4-7-15(16(8-13)24(27)28)23-11-19-10-21-23/h2-8,10-11H,9H2,1H3,(H,20,25)(H,22,26). The number of carbonyl (C=O) groups excluding carboxylic acids is 2. The fourth-order valence-corrected chi connectivity index (χ4v) is 2.50. The average molecular weight is 396 g/mol. The van der Waals surface area contributed by atoms with Gasteiger partial charge in [-0.05, 0) is 29.8 Å². The minimum absolute atomic E-state index is 0.143. The summed E-state index contributed by atoms with van der Waals surface area (Å²) in [6.45, 7) is 0.204. The molecule has 29 heavy (non-hydrogen) atoms. The number of methoxy groups -OCH3 is 1. The average Bonchev–Trinajstić information content (AvgIpc) is 3.27. The van der Waals surface area contributed by atoms with Crippen LogP contribution in [0.4, 0.5) is 16.2 Å². The zero-order valence-electron chi connectivity index (χ0n) is 15.2. The van der Waals surface area contributed by atoms with E-state index in [0.29, 0.717) is 5.69 Å². The van der Waals surface area contributed by atoms with Gasteiger partial charge < -0.3 is 10.1 Å². The van der Waals surface area contributed by atoms with Crippen molar-refractivity contribution in [2.45, 2.75) is 6.54 Å². The first-order valence-corrected chi connectivity index (χ1v) is 8.33. The zero-order chi connectivity index (χ0) is 20.8. The van der Waals surface area contributed by atoms with Crippen LogP contribution in [0.5, 0.6) is 0 Å². The van der Waals surface area contributed by atoms with Crippen LogP contribution in [0, 0.1) is 10.1 Å². The van der Waals surface area contributed by atoms with E-state index >= 15 is 0 Å². The third-order valence-electron chi connectivity index (χ3n) is 3.94. The van der Waals surface area contributed by atoms with E-state index in [1.165, 1.54) is 42.6 Å². The number of nitro benzene ring substituents is 1. The van der Waals surface area contributed by atoms with E-state index in [1.807, 2.05) is 0 Å². The monoisotopic (exact) mass is 396 g/mol. The Morgan fingerprint density at radius 1 is 1.21 bits per heavy atom. The highest BCUT2D eigenvalue weighted by Gasteiger charge is 2.19. The van der Waals surface area contributed by atoms with Crippen LogP contribution in [0.3, 0.4) is 0 Å². The smallest absolute Gasteiger partial charge is 0.411 e. The Balaban J connectivity index is 1.68. The first kappa shape index (κ1) is 19.5. The Hall–Kier alpha value is -4.28. The fraction of sp³-hybridized carbons (Fsp3) is 0.111. The Labute approximate surface area is 164 Å². The Kier molecular flexibility index (Phi) is 5.78. The van der Waals surface area contributed by atoms with Gasteiger partial charge in [-0.1, -0.05) is 12.1 Å². The summed E-state index contributed by atoms with van der Waals surface area (Å²) in [6.07, 6.45) is 2.01. The minimum Gasteiger partial charge on any atom is -0.453 e. The number of nitrogens with zero attached hydrogens (tertiary/aromatic N) is 4. The maximum atomic E-state index is 12.4. The largest absolute Gasteiger partial charge is 0.453 e. The minimum atomic E-state index is -0.583.